The summed E-state index contributed by atoms with van der Waals surface area (Å²) in [5.74, 6) is -1.01. The molecule has 0 bridgehead atoms. The number of nitrogens with zero attached hydrogens (tertiary/aromatic N) is 1. The lowest BCUT2D eigenvalue weighted by atomic mass is 10.1. The average Bonchev–Trinajstić information content (AvgIpc) is 2.46. The maximum absolute atomic E-state index is 13.0. The van der Waals surface area contributed by atoms with Crippen molar-refractivity contribution in [1.29, 1.82) is 5.26 Å². The number of nitriles is 1. The van der Waals surface area contributed by atoms with Gasteiger partial charge in [-0.1, -0.05) is 18.2 Å². The lowest BCUT2D eigenvalue weighted by molar-refractivity contribution is -0.112. The highest BCUT2D eigenvalue weighted by Gasteiger charge is 2.09. The van der Waals surface area contributed by atoms with Gasteiger partial charge in [0.2, 0.25) is 0 Å². The largest absolute Gasteiger partial charge is 0.508 e. The molecule has 0 aromatic heterocycles. The van der Waals surface area contributed by atoms with E-state index in [1.54, 1.807) is 18.2 Å². The molecular weight excluding hydrogens is 271 g/mol. The van der Waals surface area contributed by atoms with Gasteiger partial charge in [-0.2, -0.15) is 5.26 Å². The summed E-state index contributed by atoms with van der Waals surface area (Å²) in [5, 5.41) is 20.7. The Morgan fingerprint density at radius 3 is 2.57 bits per heavy atom. The number of halogens is 1. The van der Waals surface area contributed by atoms with E-state index in [-0.39, 0.29) is 17.0 Å². The fourth-order valence-corrected chi connectivity index (χ4v) is 1.65. The first-order valence-electron chi connectivity index (χ1n) is 6.06. The third-order valence-electron chi connectivity index (χ3n) is 2.65. The van der Waals surface area contributed by atoms with Gasteiger partial charge in [-0.05, 0) is 42.0 Å². The van der Waals surface area contributed by atoms with Crippen molar-refractivity contribution in [2.75, 3.05) is 5.32 Å². The molecule has 0 aliphatic heterocycles. The van der Waals surface area contributed by atoms with Crippen LogP contribution in [-0.4, -0.2) is 11.0 Å². The number of hydrogen-bond donors (Lipinski definition) is 2. The van der Waals surface area contributed by atoms with E-state index in [1.165, 1.54) is 36.4 Å². The number of phenolic OH excluding ortho intramolecular Hbond substituents is 1. The summed E-state index contributed by atoms with van der Waals surface area (Å²) in [6, 6.07) is 13.2. The van der Waals surface area contributed by atoms with Crippen LogP contribution in [0.1, 0.15) is 5.56 Å². The van der Waals surface area contributed by atoms with Crippen molar-refractivity contribution in [2.24, 2.45) is 0 Å². The van der Waals surface area contributed by atoms with Crippen LogP contribution < -0.4 is 5.32 Å². The molecule has 0 heterocycles. The topological polar surface area (TPSA) is 73.1 Å². The van der Waals surface area contributed by atoms with Gasteiger partial charge in [0.05, 0.1) is 0 Å². The number of carbonyl (C=O) groups is 1. The molecule has 2 N–H and O–H groups in total. The summed E-state index contributed by atoms with van der Waals surface area (Å²) in [4.78, 5) is 12.0. The molecule has 104 valence electrons. The summed E-state index contributed by atoms with van der Waals surface area (Å²) in [5.41, 5.74) is 0.746. The SMILES string of the molecule is N#C/C(=C\c1ccc(O)cc1)C(=O)Nc1cccc(F)c1. The number of nitrogens with one attached hydrogen (secondary N) is 1. The number of anilines is 1. The number of aromatic hydroxyl groups is 1. The average molecular weight is 282 g/mol. The number of rotatable bonds is 3. The molecule has 0 saturated carbocycles. The van der Waals surface area contributed by atoms with Crippen molar-refractivity contribution in [1.82, 2.24) is 0 Å². The van der Waals surface area contributed by atoms with E-state index in [4.69, 9.17) is 5.26 Å². The van der Waals surface area contributed by atoms with Crippen molar-refractivity contribution >= 4 is 17.7 Å². The quantitative estimate of drug-likeness (QED) is 0.671. The van der Waals surface area contributed by atoms with Gasteiger partial charge in [-0.25, -0.2) is 4.39 Å². The lowest BCUT2D eigenvalue weighted by Crippen LogP contribution is -2.13. The Morgan fingerprint density at radius 1 is 1.24 bits per heavy atom. The van der Waals surface area contributed by atoms with Crippen LogP contribution in [0.5, 0.6) is 5.75 Å². The summed E-state index contributed by atoms with van der Waals surface area (Å²) >= 11 is 0. The van der Waals surface area contributed by atoms with Crippen LogP contribution in [0.25, 0.3) is 6.08 Å². The first-order valence-corrected chi connectivity index (χ1v) is 6.06. The Hall–Kier alpha value is -3.13. The lowest BCUT2D eigenvalue weighted by Gasteiger charge is -2.04. The molecule has 2 rings (SSSR count). The molecule has 0 unspecified atom stereocenters. The van der Waals surface area contributed by atoms with Gasteiger partial charge in [0.15, 0.2) is 0 Å². The number of benzene rings is 2. The standard InChI is InChI=1S/C16H11FN2O2/c17-13-2-1-3-14(9-13)19-16(21)12(10-18)8-11-4-6-15(20)7-5-11/h1-9,20H,(H,19,21)/b12-8+. The minimum atomic E-state index is -0.629. The summed E-state index contributed by atoms with van der Waals surface area (Å²) < 4.78 is 13.0. The van der Waals surface area contributed by atoms with Crippen LogP contribution in [0.15, 0.2) is 54.1 Å². The smallest absolute Gasteiger partial charge is 0.266 e. The minimum Gasteiger partial charge on any atom is -0.508 e. The molecule has 21 heavy (non-hydrogen) atoms. The van der Waals surface area contributed by atoms with Crippen LogP contribution in [-0.2, 0) is 4.79 Å². The molecule has 0 spiro atoms. The second kappa shape index (κ2) is 6.35. The molecule has 4 nitrogen and oxygen atoms in total. The van der Waals surface area contributed by atoms with E-state index < -0.39 is 11.7 Å². The fourth-order valence-electron chi connectivity index (χ4n) is 1.65. The molecule has 0 fully saturated rings. The van der Waals surface area contributed by atoms with Gasteiger partial charge in [-0.3, -0.25) is 4.79 Å². The first kappa shape index (κ1) is 14.3. The van der Waals surface area contributed by atoms with E-state index in [0.29, 0.717) is 5.56 Å². The Bertz CT molecular complexity index is 731. The molecule has 0 radical (unpaired) electrons. The predicted octanol–water partition coefficient (Wildman–Crippen LogP) is 3.08. The third-order valence-corrected chi connectivity index (χ3v) is 2.65. The van der Waals surface area contributed by atoms with Gasteiger partial charge in [0, 0.05) is 5.69 Å². The number of phenols is 1. The molecule has 5 heteroatoms. The number of hydrogen-bond acceptors (Lipinski definition) is 3. The second-order valence-electron chi connectivity index (χ2n) is 4.23. The van der Waals surface area contributed by atoms with Gasteiger partial charge in [0.25, 0.3) is 5.91 Å². The van der Waals surface area contributed by atoms with Gasteiger partial charge < -0.3 is 10.4 Å². The molecule has 1 amide bonds. The van der Waals surface area contributed by atoms with Crippen molar-refractivity contribution in [3.05, 3.63) is 65.5 Å². The first-order chi connectivity index (χ1) is 10.1. The van der Waals surface area contributed by atoms with Crippen LogP contribution in [0.2, 0.25) is 0 Å². The molecule has 2 aromatic carbocycles. The highest BCUT2D eigenvalue weighted by molar-refractivity contribution is 6.09. The zero-order valence-electron chi connectivity index (χ0n) is 10.9. The van der Waals surface area contributed by atoms with E-state index in [2.05, 4.69) is 5.32 Å². The molecule has 0 aliphatic carbocycles. The zero-order valence-corrected chi connectivity index (χ0v) is 10.9. The number of carbonyl (C=O) groups excluding carboxylic acids is 1. The third kappa shape index (κ3) is 3.91. The number of amides is 1. The van der Waals surface area contributed by atoms with E-state index in [1.807, 2.05) is 0 Å². The molecule has 0 aliphatic rings. The van der Waals surface area contributed by atoms with E-state index >= 15 is 0 Å². The monoisotopic (exact) mass is 282 g/mol. The second-order valence-corrected chi connectivity index (χ2v) is 4.23. The highest BCUT2D eigenvalue weighted by Crippen LogP contribution is 2.14. The van der Waals surface area contributed by atoms with Crippen molar-refractivity contribution in [3.63, 3.8) is 0 Å². The fraction of sp³-hybridized carbons (Fsp3) is 0. The Morgan fingerprint density at radius 2 is 1.95 bits per heavy atom. The minimum absolute atomic E-state index is 0.0925. The van der Waals surface area contributed by atoms with Crippen LogP contribution in [0.4, 0.5) is 10.1 Å². The maximum atomic E-state index is 13.0. The predicted molar refractivity (Wildman–Crippen MR) is 76.7 cm³/mol. The molecule has 0 atom stereocenters. The van der Waals surface area contributed by atoms with Crippen molar-refractivity contribution in [3.8, 4) is 11.8 Å². The van der Waals surface area contributed by atoms with Gasteiger partial charge in [0.1, 0.15) is 23.2 Å². The molecule has 2 aromatic rings. The van der Waals surface area contributed by atoms with E-state index in [9.17, 15) is 14.3 Å². The Kier molecular flexibility index (Phi) is 4.32. The van der Waals surface area contributed by atoms with Crippen molar-refractivity contribution in [2.45, 2.75) is 0 Å². The Balaban J connectivity index is 2.19. The Labute approximate surface area is 120 Å². The van der Waals surface area contributed by atoms with Crippen LogP contribution in [0.3, 0.4) is 0 Å². The summed E-state index contributed by atoms with van der Waals surface area (Å²) in [6.45, 7) is 0. The van der Waals surface area contributed by atoms with Crippen LogP contribution >= 0.6 is 0 Å². The summed E-state index contributed by atoms with van der Waals surface area (Å²) in [6.07, 6.45) is 1.38. The maximum Gasteiger partial charge on any atom is 0.266 e. The van der Waals surface area contributed by atoms with Crippen LogP contribution in [0, 0.1) is 17.1 Å². The summed E-state index contributed by atoms with van der Waals surface area (Å²) in [7, 11) is 0. The van der Waals surface area contributed by atoms with Gasteiger partial charge in [-0.15, -0.1) is 0 Å². The zero-order chi connectivity index (χ0) is 15.2. The molecule has 0 saturated heterocycles. The highest BCUT2D eigenvalue weighted by atomic mass is 19.1. The molecular formula is C16H11FN2O2. The van der Waals surface area contributed by atoms with E-state index in [0.717, 1.165) is 6.07 Å². The van der Waals surface area contributed by atoms with Crippen molar-refractivity contribution < 1.29 is 14.3 Å². The van der Waals surface area contributed by atoms with Gasteiger partial charge >= 0.3 is 0 Å². The normalized spacial score (nSPS) is 10.8.